The molecule has 6 heteroatoms. The van der Waals surface area contributed by atoms with Gasteiger partial charge in [-0.05, 0) is 12.5 Å². The van der Waals surface area contributed by atoms with Gasteiger partial charge < -0.3 is 4.42 Å². The van der Waals surface area contributed by atoms with Gasteiger partial charge in [-0.2, -0.15) is 10.2 Å². The molecule has 1 atom stereocenters. The van der Waals surface area contributed by atoms with E-state index >= 15 is 0 Å². The van der Waals surface area contributed by atoms with Crippen LogP contribution < -0.4 is 0 Å². The average Bonchev–Trinajstić information content (AvgIpc) is 2.78. The van der Waals surface area contributed by atoms with Gasteiger partial charge in [0.25, 0.3) is 0 Å². The van der Waals surface area contributed by atoms with E-state index in [0.717, 1.165) is 12.0 Å². The molecular weight excluding hydrogens is 260 g/mol. The molecule has 2 heterocycles. The van der Waals surface area contributed by atoms with Crippen molar-refractivity contribution < 1.29 is 4.42 Å². The largest absolute Gasteiger partial charge is 0.419 e. The van der Waals surface area contributed by atoms with Gasteiger partial charge >= 0.3 is 0 Å². The Morgan fingerprint density at radius 1 is 1.40 bits per heavy atom. The minimum Gasteiger partial charge on any atom is -0.419 e. The van der Waals surface area contributed by atoms with Crippen molar-refractivity contribution in [3.8, 4) is 11.5 Å². The molecule has 1 unspecified atom stereocenters. The van der Waals surface area contributed by atoms with Crippen LogP contribution in [-0.2, 0) is 0 Å². The highest BCUT2D eigenvalue weighted by molar-refractivity contribution is 9.09. The van der Waals surface area contributed by atoms with E-state index in [1.165, 1.54) is 0 Å². The maximum Gasteiger partial charge on any atom is 0.249 e. The average molecular weight is 269 g/mol. The van der Waals surface area contributed by atoms with Crippen LogP contribution in [0.25, 0.3) is 11.5 Å². The zero-order valence-electron chi connectivity index (χ0n) is 8.09. The van der Waals surface area contributed by atoms with Crippen LogP contribution >= 0.6 is 15.9 Å². The first-order chi connectivity index (χ1) is 7.31. The zero-order chi connectivity index (χ0) is 10.7. The van der Waals surface area contributed by atoms with Crippen molar-refractivity contribution in [1.82, 2.24) is 20.4 Å². The van der Waals surface area contributed by atoms with Gasteiger partial charge in [0.1, 0.15) is 0 Å². The van der Waals surface area contributed by atoms with E-state index in [1.807, 2.05) is 6.92 Å². The molecule has 2 aromatic heterocycles. The first kappa shape index (κ1) is 10.2. The van der Waals surface area contributed by atoms with Crippen molar-refractivity contribution >= 4 is 15.9 Å². The van der Waals surface area contributed by atoms with Crippen molar-refractivity contribution in [2.45, 2.75) is 18.2 Å². The summed E-state index contributed by atoms with van der Waals surface area (Å²) in [5.41, 5.74) is 0.777. The Morgan fingerprint density at radius 3 is 2.93 bits per heavy atom. The number of hydrogen-bond acceptors (Lipinski definition) is 5. The lowest BCUT2D eigenvalue weighted by molar-refractivity contribution is 0.500. The smallest absolute Gasteiger partial charge is 0.249 e. The molecule has 2 rings (SSSR count). The van der Waals surface area contributed by atoms with Crippen LogP contribution in [0.5, 0.6) is 0 Å². The molecule has 0 aliphatic rings. The van der Waals surface area contributed by atoms with E-state index in [9.17, 15) is 0 Å². The Hall–Kier alpha value is -1.30. The van der Waals surface area contributed by atoms with Crippen LogP contribution in [0.15, 0.2) is 22.9 Å². The van der Waals surface area contributed by atoms with Gasteiger partial charge in [0.05, 0.1) is 22.8 Å². The second kappa shape index (κ2) is 4.48. The summed E-state index contributed by atoms with van der Waals surface area (Å²) in [6, 6.07) is 1.78. The molecule has 0 aliphatic carbocycles. The summed E-state index contributed by atoms with van der Waals surface area (Å²) in [6.45, 7) is 2.04. The van der Waals surface area contributed by atoms with Crippen molar-refractivity contribution in [2.75, 3.05) is 0 Å². The first-order valence-corrected chi connectivity index (χ1v) is 5.47. The van der Waals surface area contributed by atoms with Gasteiger partial charge in [0.2, 0.25) is 11.8 Å². The second-order valence-electron chi connectivity index (χ2n) is 2.95. The molecular formula is C9H9BrN4O. The molecule has 0 N–H and O–H groups in total. The Bertz CT molecular complexity index is 431. The molecule has 2 aromatic rings. The Labute approximate surface area is 95.1 Å². The molecule has 0 bridgehead atoms. The van der Waals surface area contributed by atoms with Gasteiger partial charge in [-0.3, -0.25) is 0 Å². The van der Waals surface area contributed by atoms with Gasteiger partial charge in [-0.15, -0.1) is 10.2 Å². The molecule has 0 aliphatic heterocycles. The van der Waals surface area contributed by atoms with Crippen LogP contribution in [0.2, 0.25) is 0 Å². The van der Waals surface area contributed by atoms with Gasteiger partial charge in [0, 0.05) is 0 Å². The maximum atomic E-state index is 5.49. The third kappa shape index (κ3) is 2.20. The van der Waals surface area contributed by atoms with E-state index in [2.05, 4.69) is 36.3 Å². The van der Waals surface area contributed by atoms with E-state index in [1.54, 1.807) is 18.5 Å². The highest BCUT2D eigenvalue weighted by Crippen LogP contribution is 2.27. The predicted octanol–water partition coefficient (Wildman–Crippen LogP) is 2.37. The lowest BCUT2D eigenvalue weighted by Crippen LogP contribution is -1.86. The Balaban J connectivity index is 2.28. The van der Waals surface area contributed by atoms with Crippen LogP contribution in [0.3, 0.4) is 0 Å². The number of rotatable bonds is 3. The molecule has 0 saturated heterocycles. The standard InChI is InChI=1S/C9H9BrN4O/c1-2-7(10)9-14-13-8(15-9)6-3-4-11-12-5-6/h3-5,7H,2H2,1H3. The summed E-state index contributed by atoms with van der Waals surface area (Å²) in [4.78, 5) is 0.105. The summed E-state index contributed by atoms with van der Waals surface area (Å²) >= 11 is 3.45. The van der Waals surface area contributed by atoms with E-state index < -0.39 is 0 Å². The van der Waals surface area contributed by atoms with Gasteiger partial charge in [0.15, 0.2) is 0 Å². The van der Waals surface area contributed by atoms with Crippen LogP contribution in [-0.4, -0.2) is 20.4 Å². The maximum absolute atomic E-state index is 5.49. The summed E-state index contributed by atoms with van der Waals surface area (Å²) in [5.74, 6) is 1.06. The normalized spacial score (nSPS) is 12.7. The van der Waals surface area contributed by atoms with E-state index in [4.69, 9.17) is 4.42 Å². The Morgan fingerprint density at radius 2 is 2.27 bits per heavy atom. The number of aromatic nitrogens is 4. The van der Waals surface area contributed by atoms with E-state index in [-0.39, 0.29) is 4.83 Å². The third-order valence-electron chi connectivity index (χ3n) is 1.90. The van der Waals surface area contributed by atoms with E-state index in [0.29, 0.717) is 11.8 Å². The lowest BCUT2D eigenvalue weighted by Gasteiger charge is -1.97. The van der Waals surface area contributed by atoms with Gasteiger partial charge in [-0.25, -0.2) is 0 Å². The SMILES string of the molecule is CCC(Br)c1nnc(-c2ccnnc2)o1. The second-order valence-corrected chi connectivity index (χ2v) is 4.06. The number of halogens is 1. The summed E-state index contributed by atoms with van der Waals surface area (Å²) in [7, 11) is 0. The van der Waals surface area contributed by atoms with Crippen molar-refractivity contribution in [1.29, 1.82) is 0 Å². The number of hydrogen-bond donors (Lipinski definition) is 0. The number of nitrogens with zero attached hydrogens (tertiary/aromatic N) is 4. The van der Waals surface area contributed by atoms with Crippen LogP contribution in [0, 0.1) is 0 Å². The summed E-state index contributed by atoms with van der Waals surface area (Å²) in [6.07, 6.45) is 4.08. The lowest BCUT2D eigenvalue weighted by atomic mass is 10.3. The quantitative estimate of drug-likeness (QED) is 0.800. The third-order valence-corrected chi connectivity index (χ3v) is 2.94. The predicted molar refractivity (Wildman–Crippen MR) is 57.3 cm³/mol. The fraction of sp³-hybridized carbons (Fsp3) is 0.333. The fourth-order valence-electron chi connectivity index (χ4n) is 1.07. The minimum absolute atomic E-state index is 0.105. The molecule has 0 amide bonds. The summed E-state index contributed by atoms with van der Waals surface area (Å²) < 4.78 is 5.49. The van der Waals surface area contributed by atoms with Crippen molar-refractivity contribution in [2.24, 2.45) is 0 Å². The van der Waals surface area contributed by atoms with Crippen LogP contribution in [0.4, 0.5) is 0 Å². The summed E-state index contributed by atoms with van der Waals surface area (Å²) in [5, 5.41) is 15.3. The van der Waals surface area contributed by atoms with Crippen molar-refractivity contribution in [3.05, 3.63) is 24.4 Å². The topological polar surface area (TPSA) is 64.7 Å². The zero-order valence-corrected chi connectivity index (χ0v) is 9.68. The molecule has 0 aromatic carbocycles. The molecule has 0 spiro atoms. The fourth-order valence-corrected chi connectivity index (χ4v) is 1.25. The molecule has 15 heavy (non-hydrogen) atoms. The first-order valence-electron chi connectivity index (χ1n) is 4.55. The molecule has 78 valence electrons. The monoisotopic (exact) mass is 268 g/mol. The molecule has 0 saturated carbocycles. The highest BCUT2D eigenvalue weighted by Gasteiger charge is 2.14. The molecule has 0 fully saturated rings. The van der Waals surface area contributed by atoms with Crippen LogP contribution in [0.1, 0.15) is 24.1 Å². The Kier molecular flexibility index (Phi) is 3.05. The van der Waals surface area contributed by atoms with Gasteiger partial charge in [-0.1, -0.05) is 22.9 Å². The molecule has 5 nitrogen and oxygen atoms in total. The molecule has 0 radical (unpaired) electrons. The van der Waals surface area contributed by atoms with Crippen molar-refractivity contribution in [3.63, 3.8) is 0 Å². The number of alkyl halides is 1. The highest BCUT2D eigenvalue weighted by atomic mass is 79.9. The minimum atomic E-state index is 0.105.